The van der Waals surface area contributed by atoms with E-state index in [1.807, 2.05) is 0 Å². The molecule has 0 bridgehead atoms. The van der Waals surface area contributed by atoms with Gasteiger partial charge in [-0.1, -0.05) is 0 Å². The fourth-order valence-electron chi connectivity index (χ4n) is 1.98. The average Bonchev–Trinajstić information content (AvgIpc) is 2.09. The van der Waals surface area contributed by atoms with Crippen LogP contribution in [0.3, 0.4) is 0 Å². The summed E-state index contributed by atoms with van der Waals surface area (Å²) in [4.78, 5) is 0. The Morgan fingerprint density at radius 1 is 1.44 bits per heavy atom. The van der Waals surface area contributed by atoms with Crippen molar-refractivity contribution in [3.05, 3.63) is 0 Å². The van der Waals surface area contributed by atoms with Gasteiger partial charge in [0.15, 0.2) is 0 Å². The first-order chi connectivity index (χ1) is 4.31. The molecular formula is C7H13NO. The lowest BCUT2D eigenvalue weighted by atomic mass is 9.80. The van der Waals surface area contributed by atoms with Crippen molar-refractivity contribution in [3.63, 3.8) is 0 Å². The van der Waals surface area contributed by atoms with Crippen molar-refractivity contribution in [1.82, 2.24) is 5.32 Å². The molecule has 2 N–H and O–H groups in total. The standard InChI is InChI=1S/C7H13NO/c9-6-1-2-7(3-6)4-8-5-7/h6,8-9H,1-5H2/t6-/m1/s1. The highest BCUT2D eigenvalue weighted by Gasteiger charge is 2.42. The molecule has 1 spiro atoms. The van der Waals surface area contributed by atoms with Crippen LogP contribution in [0.1, 0.15) is 19.3 Å². The lowest BCUT2D eigenvalue weighted by Gasteiger charge is -2.39. The van der Waals surface area contributed by atoms with E-state index in [0.717, 1.165) is 25.9 Å². The lowest BCUT2D eigenvalue weighted by molar-refractivity contribution is 0.125. The third-order valence-electron chi connectivity index (χ3n) is 2.68. The predicted molar refractivity (Wildman–Crippen MR) is 35.2 cm³/mol. The molecule has 0 aromatic rings. The van der Waals surface area contributed by atoms with Crippen LogP contribution in [0, 0.1) is 5.41 Å². The predicted octanol–water partition coefficient (Wildman–Crippen LogP) is 0.121. The van der Waals surface area contributed by atoms with Crippen molar-refractivity contribution in [2.45, 2.75) is 25.4 Å². The smallest absolute Gasteiger partial charge is 0.0546 e. The van der Waals surface area contributed by atoms with Crippen molar-refractivity contribution in [2.75, 3.05) is 13.1 Å². The Morgan fingerprint density at radius 3 is 2.44 bits per heavy atom. The molecule has 2 heteroatoms. The first-order valence-electron chi connectivity index (χ1n) is 3.70. The Labute approximate surface area is 55.3 Å². The van der Waals surface area contributed by atoms with Gasteiger partial charge in [-0.05, 0) is 24.7 Å². The van der Waals surface area contributed by atoms with Crippen LogP contribution in [-0.4, -0.2) is 24.3 Å². The van der Waals surface area contributed by atoms with Crippen LogP contribution in [0.15, 0.2) is 0 Å². The molecule has 1 atom stereocenters. The summed E-state index contributed by atoms with van der Waals surface area (Å²) in [6.45, 7) is 2.29. The van der Waals surface area contributed by atoms with Gasteiger partial charge in [0, 0.05) is 13.1 Å². The average molecular weight is 127 g/mol. The molecule has 1 saturated heterocycles. The number of rotatable bonds is 0. The molecule has 2 nitrogen and oxygen atoms in total. The maximum absolute atomic E-state index is 9.20. The highest BCUT2D eigenvalue weighted by molar-refractivity contribution is 4.98. The summed E-state index contributed by atoms with van der Waals surface area (Å²) >= 11 is 0. The monoisotopic (exact) mass is 127 g/mol. The fraction of sp³-hybridized carbons (Fsp3) is 1.00. The molecule has 52 valence electrons. The van der Waals surface area contributed by atoms with Gasteiger partial charge >= 0.3 is 0 Å². The van der Waals surface area contributed by atoms with E-state index < -0.39 is 0 Å². The second-order valence-corrected chi connectivity index (χ2v) is 3.50. The molecule has 2 fully saturated rings. The summed E-state index contributed by atoms with van der Waals surface area (Å²) in [5, 5.41) is 12.5. The second kappa shape index (κ2) is 1.70. The molecule has 2 rings (SSSR count). The first-order valence-corrected chi connectivity index (χ1v) is 3.70. The normalized spacial score (nSPS) is 39.0. The lowest BCUT2D eigenvalue weighted by Crippen LogP contribution is -2.51. The van der Waals surface area contributed by atoms with E-state index in [1.54, 1.807) is 0 Å². The summed E-state index contributed by atoms with van der Waals surface area (Å²) in [6.07, 6.45) is 3.31. The topological polar surface area (TPSA) is 32.3 Å². The molecule has 9 heavy (non-hydrogen) atoms. The zero-order valence-corrected chi connectivity index (χ0v) is 5.56. The van der Waals surface area contributed by atoms with E-state index in [0.29, 0.717) is 5.41 Å². The Bertz CT molecular complexity index is 120. The van der Waals surface area contributed by atoms with E-state index in [1.165, 1.54) is 6.42 Å². The van der Waals surface area contributed by atoms with Gasteiger partial charge in [-0.3, -0.25) is 0 Å². The molecule has 1 aliphatic heterocycles. The van der Waals surface area contributed by atoms with Crippen LogP contribution in [0.5, 0.6) is 0 Å². The van der Waals surface area contributed by atoms with Crippen LogP contribution < -0.4 is 5.32 Å². The summed E-state index contributed by atoms with van der Waals surface area (Å²) in [6, 6.07) is 0. The quantitative estimate of drug-likeness (QED) is 0.484. The number of aliphatic hydroxyl groups is 1. The van der Waals surface area contributed by atoms with E-state index >= 15 is 0 Å². The van der Waals surface area contributed by atoms with Gasteiger partial charge in [-0.15, -0.1) is 0 Å². The van der Waals surface area contributed by atoms with Gasteiger partial charge in [0.25, 0.3) is 0 Å². The van der Waals surface area contributed by atoms with E-state index in [2.05, 4.69) is 5.32 Å². The van der Waals surface area contributed by atoms with Gasteiger partial charge in [0.2, 0.25) is 0 Å². The van der Waals surface area contributed by atoms with Gasteiger partial charge in [-0.25, -0.2) is 0 Å². The number of nitrogens with one attached hydrogen (secondary N) is 1. The SMILES string of the molecule is O[C@@H]1CCC2(CNC2)C1. The first kappa shape index (κ1) is 5.69. The van der Waals surface area contributed by atoms with Crippen molar-refractivity contribution in [2.24, 2.45) is 5.41 Å². The van der Waals surface area contributed by atoms with Crippen LogP contribution in [0.25, 0.3) is 0 Å². The van der Waals surface area contributed by atoms with E-state index in [9.17, 15) is 5.11 Å². The molecule has 2 aliphatic rings. The minimum atomic E-state index is 0.00657. The minimum Gasteiger partial charge on any atom is -0.393 e. The van der Waals surface area contributed by atoms with Crippen LogP contribution in [-0.2, 0) is 0 Å². The Kier molecular flexibility index (Phi) is 1.08. The molecule has 0 aromatic carbocycles. The van der Waals surface area contributed by atoms with Gasteiger partial charge in [0.05, 0.1) is 6.10 Å². The van der Waals surface area contributed by atoms with E-state index in [-0.39, 0.29) is 6.10 Å². The van der Waals surface area contributed by atoms with Crippen LogP contribution in [0.2, 0.25) is 0 Å². The highest BCUT2D eigenvalue weighted by atomic mass is 16.3. The maximum atomic E-state index is 9.20. The third kappa shape index (κ3) is 0.775. The van der Waals surface area contributed by atoms with E-state index in [4.69, 9.17) is 0 Å². The maximum Gasteiger partial charge on any atom is 0.0546 e. The Morgan fingerprint density at radius 2 is 2.22 bits per heavy atom. The molecule has 0 aromatic heterocycles. The van der Waals surface area contributed by atoms with Crippen molar-refractivity contribution < 1.29 is 5.11 Å². The fourth-order valence-corrected chi connectivity index (χ4v) is 1.98. The third-order valence-corrected chi connectivity index (χ3v) is 2.68. The highest BCUT2D eigenvalue weighted by Crippen LogP contribution is 2.40. The zero-order valence-electron chi connectivity index (χ0n) is 5.56. The molecule has 0 unspecified atom stereocenters. The molecular weight excluding hydrogens is 114 g/mol. The van der Waals surface area contributed by atoms with Crippen molar-refractivity contribution >= 4 is 0 Å². The number of aliphatic hydroxyl groups excluding tert-OH is 1. The molecule has 1 aliphatic carbocycles. The minimum absolute atomic E-state index is 0.00657. The number of hydrogen-bond donors (Lipinski definition) is 2. The van der Waals surface area contributed by atoms with Crippen LogP contribution >= 0.6 is 0 Å². The summed E-state index contributed by atoms with van der Waals surface area (Å²) in [5.74, 6) is 0. The second-order valence-electron chi connectivity index (χ2n) is 3.50. The Hall–Kier alpha value is -0.0800. The summed E-state index contributed by atoms with van der Waals surface area (Å²) in [7, 11) is 0. The summed E-state index contributed by atoms with van der Waals surface area (Å²) < 4.78 is 0. The zero-order chi connectivity index (χ0) is 6.32. The molecule has 0 amide bonds. The summed E-state index contributed by atoms with van der Waals surface area (Å²) in [5.41, 5.74) is 0.527. The Balaban J connectivity index is 1.99. The van der Waals surface area contributed by atoms with Crippen molar-refractivity contribution in [3.8, 4) is 0 Å². The molecule has 1 heterocycles. The van der Waals surface area contributed by atoms with Crippen molar-refractivity contribution in [1.29, 1.82) is 0 Å². The van der Waals surface area contributed by atoms with Crippen LogP contribution in [0.4, 0.5) is 0 Å². The van der Waals surface area contributed by atoms with Gasteiger partial charge in [-0.2, -0.15) is 0 Å². The molecule has 0 radical (unpaired) electrons. The largest absolute Gasteiger partial charge is 0.393 e. The number of hydrogen-bond acceptors (Lipinski definition) is 2. The van der Waals surface area contributed by atoms with Gasteiger partial charge < -0.3 is 10.4 Å². The molecule has 1 saturated carbocycles. The van der Waals surface area contributed by atoms with Gasteiger partial charge in [0.1, 0.15) is 0 Å².